The molecule has 1 N–H and O–H groups in total. The number of pyridine rings is 1. The molecule has 0 saturated heterocycles. The summed E-state index contributed by atoms with van der Waals surface area (Å²) in [5, 5.41) is 3.73. The van der Waals surface area contributed by atoms with E-state index in [1.54, 1.807) is 0 Å². The molecule has 1 amide bonds. The average Bonchev–Trinajstić information content (AvgIpc) is 3.31. The number of rotatable bonds is 3. The third kappa shape index (κ3) is 3.43. The molecular formula is C21H23ClN2O. The predicted molar refractivity (Wildman–Crippen MR) is 101 cm³/mol. The van der Waals surface area contributed by atoms with Crippen LogP contribution in [0.4, 0.5) is 5.69 Å². The zero-order valence-electron chi connectivity index (χ0n) is 14.5. The molecule has 1 atom stereocenters. The molecule has 4 rings (SSSR count). The molecule has 1 heterocycles. The van der Waals surface area contributed by atoms with E-state index in [-0.39, 0.29) is 17.2 Å². The molecule has 2 saturated carbocycles. The normalized spacial score (nSPS) is 27.9. The van der Waals surface area contributed by atoms with Gasteiger partial charge in [-0.2, -0.15) is 0 Å². The van der Waals surface area contributed by atoms with Gasteiger partial charge >= 0.3 is 0 Å². The third-order valence-electron chi connectivity index (χ3n) is 5.99. The van der Waals surface area contributed by atoms with E-state index in [4.69, 9.17) is 11.6 Å². The lowest BCUT2D eigenvalue weighted by atomic mass is 9.76. The molecular weight excluding hydrogens is 332 g/mol. The summed E-state index contributed by atoms with van der Waals surface area (Å²) < 4.78 is 0. The fraction of sp³-hybridized carbons (Fsp3) is 0.429. The maximum absolute atomic E-state index is 12.6. The van der Waals surface area contributed by atoms with Crippen LogP contribution in [-0.2, 0) is 4.79 Å². The van der Waals surface area contributed by atoms with Gasteiger partial charge in [0.2, 0.25) is 5.91 Å². The van der Waals surface area contributed by atoms with E-state index in [0.29, 0.717) is 10.9 Å². The minimum absolute atomic E-state index is 0.167. The van der Waals surface area contributed by atoms with Gasteiger partial charge in [0.1, 0.15) is 0 Å². The summed E-state index contributed by atoms with van der Waals surface area (Å²) in [6.45, 7) is 2.05. The van der Waals surface area contributed by atoms with Gasteiger partial charge in [0.05, 0.1) is 0 Å². The summed E-state index contributed by atoms with van der Waals surface area (Å²) in [6.07, 6.45) is 7.60. The standard InChI is InChI=1S/C21H23ClN2O/c1-14-12-16(8-11-23-14)15-6-9-21(10-7-15)13-19(21)20(25)24-18-4-2-17(22)3-5-18/h2-5,8,11-12,15,19H,6-7,9-10,13H2,1H3,(H,24,25). The van der Waals surface area contributed by atoms with Gasteiger partial charge in [-0.3, -0.25) is 9.78 Å². The van der Waals surface area contributed by atoms with Crippen LogP contribution in [0.3, 0.4) is 0 Å². The number of amides is 1. The van der Waals surface area contributed by atoms with E-state index in [2.05, 4.69) is 22.4 Å². The van der Waals surface area contributed by atoms with Crippen molar-refractivity contribution in [1.29, 1.82) is 0 Å². The summed E-state index contributed by atoms with van der Waals surface area (Å²) in [5.74, 6) is 0.955. The first kappa shape index (κ1) is 16.6. The quantitative estimate of drug-likeness (QED) is 0.807. The van der Waals surface area contributed by atoms with Gasteiger partial charge in [-0.25, -0.2) is 0 Å². The Morgan fingerprint density at radius 2 is 1.92 bits per heavy atom. The first-order valence-electron chi connectivity index (χ1n) is 9.05. The number of carbonyl (C=O) groups excluding carboxylic acids is 1. The fourth-order valence-corrected chi connectivity index (χ4v) is 4.51. The SMILES string of the molecule is Cc1cc(C2CCC3(CC2)CC3C(=O)Nc2ccc(Cl)cc2)ccn1. The van der Waals surface area contributed by atoms with Crippen molar-refractivity contribution in [1.82, 2.24) is 4.98 Å². The van der Waals surface area contributed by atoms with Gasteiger partial charge in [0.25, 0.3) is 0 Å². The highest BCUT2D eigenvalue weighted by molar-refractivity contribution is 6.30. The predicted octanol–water partition coefficient (Wildman–Crippen LogP) is 5.35. The van der Waals surface area contributed by atoms with Crippen LogP contribution >= 0.6 is 11.6 Å². The fourth-order valence-electron chi connectivity index (χ4n) is 4.38. The van der Waals surface area contributed by atoms with Gasteiger partial charge < -0.3 is 5.32 Å². The van der Waals surface area contributed by atoms with Crippen LogP contribution < -0.4 is 5.32 Å². The number of halogens is 1. The number of aryl methyl sites for hydroxylation is 1. The van der Waals surface area contributed by atoms with Gasteiger partial charge in [-0.05, 0) is 92.3 Å². The lowest BCUT2D eigenvalue weighted by Gasteiger charge is -2.29. The minimum Gasteiger partial charge on any atom is -0.326 e. The Kier molecular flexibility index (Phi) is 4.28. The molecule has 1 aromatic carbocycles. The first-order valence-corrected chi connectivity index (χ1v) is 9.43. The maximum Gasteiger partial charge on any atom is 0.228 e. The Hall–Kier alpha value is -1.87. The van der Waals surface area contributed by atoms with Crippen LogP contribution in [0.25, 0.3) is 0 Å². The van der Waals surface area contributed by atoms with E-state index in [9.17, 15) is 4.79 Å². The largest absolute Gasteiger partial charge is 0.326 e. The van der Waals surface area contributed by atoms with Crippen LogP contribution in [0, 0.1) is 18.3 Å². The number of hydrogen-bond acceptors (Lipinski definition) is 2. The van der Waals surface area contributed by atoms with E-state index in [1.165, 1.54) is 18.4 Å². The average molecular weight is 355 g/mol. The Bertz CT molecular complexity index is 779. The molecule has 2 fully saturated rings. The van der Waals surface area contributed by atoms with Crippen molar-refractivity contribution in [2.75, 3.05) is 5.32 Å². The molecule has 1 aromatic heterocycles. The number of nitrogens with one attached hydrogen (secondary N) is 1. The van der Waals surface area contributed by atoms with E-state index >= 15 is 0 Å². The molecule has 4 heteroatoms. The van der Waals surface area contributed by atoms with Gasteiger partial charge in [-0.1, -0.05) is 11.6 Å². The number of nitrogens with zero attached hydrogens (tertiary/aromatic N) is 1. The summed E-state index contributed by atoms with van der Waals surface area (Å²) in [6, 6.07) is 11.7. The number of anilines is 1. The van der Waals surface area contributed by atoms with Gasteiger partial charge in [-0.15, -0.1) is 0 Å². The molecule has 2 aromatic rings. The zero-order chi connectivity index (χ0) is 17.4. The second kappa shape index (κ2) is 6.45. The number of carbonyl (C=O) groups is 1. The van der Waals surface area contributed by atoms with Crippen LogP contribution in [-0.4, -0.2) is 10.9 Å². The lowest BCUT2D eigenvalue weighted by Crippen LogP contribution is -2.22. The molecule has 2 aliphatic rings. The van der Waals surface area contributed by atoms with Crippen molar-refractivity contribution in [2.45, 2.75) is 44.9 Å². The highest BCUT2D eigenvalue weighted by atomic mass is 35.5. The molecule has 2 aliphatic carbocycles. The molecule has 0 bridgehead atoms. The number of hydrogen-bond donors (Lipinski definition) is 1. The van der Waals surface area contributed by atoms with Gasteiger partial charge in [0, 0.05) is 28.5 Å². The van der Waals surface area contributed by atoms with Crippen molar-refractivity contribution in [2.24, 2.45) is 11.3 Å². The van der Waals surface area contributed by atoms with Crippen molar-refractivity contribution < 1.29 is 4.79 Å². The van der Waals surface area contributed by atoms with Crippen molar-refractivity contribution in [3.8, 4) is 0 Å². The number of aromatic nitrogens is 1. The van der Waals surface area contributed by atoms with E-state index < -0.39 is 0 Å². The van der Waals surface area contributed by atoms with Crippen molar-refractivity contribution >= 4 is 23.2 Å². The van der Waals surface area contributed by atoms with Crippen LogP contribution in [0.2, 0.25) is 5.02 Å². The highest BCUT2D eigenvalue weighted by Crippen LogP contribution is 2.63. The summed E-state index contributed by atoms with van der Waals surface area (Å²) in [7, 11) is 0. The van der Waals surface area contributed by atoms with Crippen molar-refractivity contribution in [3.63, 3.8) is 0 Å². The molecule has 130 valence electrons. The molecule has 3 nitrogen and oxygen atoms in total. The van der Waals surface area contributed by atoms with Gasteiger partial charge in [0.15, 0.2) is 0 Å². The third-order valence-corrected chi connectivity index (χ3v) is 6.24. The molecule has 0 radical (unpaired) electrons. The minimum atomic E-state index is 0.167. The van der Waals surface area contributed by atoms with Crippen molar-refractivity contribution in [3.05, 3.63) is 58.9 Å². The number of benzene rings is 1. The summed E-state index contributed by atoms with van der Waals surface area (Å²) >= 11 is 5.90. The highest BCUT2D eigenvalue weighted by Gasteiger charge is 2.58. The Balaban J connectivity index is 1.35. The molecule has 0 aliphatic heterocycles. The Morgan fingerprint density at radius 3 is 2.60 bits per heavy atom. The topological polar surface area (TPSA) is 42.0 Å². The second-order valence-electron chi connectivity index (χ2n) is 7.62. The van der Waals surface area contributed by atoms with Crippen LogP contribution in [0.15, 0.2) is 42.6 Å². The molecule has 25 heavy (non-hydrogen) atoms. The Morgan fingerprint density at radius 1 is 1.20 bits per heavy atom. The monoisotopic (exact) mass is 354 g/mol. The summed E-state index contributed by atoms with van der Waals surface area (Å²) in [4.78, 5) is 16.9. The zero-order valence-corrected chi connectivity index (χ0v) is 15.2. The van der Waals surface area contributed by atoms with Crippen LogP contribution in [0.5, 0.6) is 0 Å². The first-order chi connectivity index (χ1) is 12.1. The second-order valence-corrected chi connectivity index (χ2v) is 8.06. The molecule has 1 unspecified atom stereocenters. The van der Waals surface area contributed by atoms with E-state index in [1.807, 2.05) is 37.4 Å². The smallest absolute Gasteiger partial charge is 0.228 e. The maximum atomic E-state index is 12.6. The Labute approximate surface area is 153 Å². The summed E-state index contributed by atoms with van der Waals surface area (Å²) in [5.41, 5.74) is 3.57. The molecule has 1 spiro atoms. The lowest BCUT2D eigenvalue weighted by molar-refractivity contribution is -0.118. The van der Waals surface area contributed by atoms with Crippen LogP contribution in [0.1, 0.15) is 49.3 Å². The van der Waals surface area contributed by atoms with E-state index in [0.717, 1.165) is 30.6 Å².